The molecule has 0 spiro atoms. The van der Waals surface area contributed by atoms with Crippen LogP contribution in [0.5, 0.6) is 5.75 Å². The zero-order valence-electron chi connectivity index (χ0n) is 16.8. The van der Waals surface area contributed by atoms with Gasteiger partial charge in [0.15, 0.2) is 6.61 Å². The van der Waals surface area contributed by atoms with Crippen LogP contribution in [0, 0.1) is 5.92 Å². The Kier molecular flexibility index (Phi) is 5.70. The maximum atomic E-state index is 12.5. The second kappa shape index (κ2) is 8.73. The first-order chi connectivity index (χ1) is 14.6. The third kappa shape index (κ3) is 4.46. The number of carbonyl (C=O) groups is 1. The lowest BCUT2D eigenvalue weighted by Gasteiger charge is -2.18. The van der Waals surface area contributed by atoms with Gasteiger partial charge in [-0.2, -0.15) is 4.98 Å². The zero-order valence-corrected chi connectivity index (χ0v) is 16.8. The van der Waals surface area contributed by atoms with E-state index in [0.717, 1.165) is 16.3 Å². The number of ether oxygens (including phenoxy) is 1. The van der Waals surface area contributed by atoms with Crippen LogP contribution in [0.4, 0.5) is 0 Å². The molecule has 1 unspecified atom stereocenters. The Bertz CT molecular complexity index is 1140. The molecule has 1 amide bonds. The number of aromatic nitrogens is 3. The second-order valence-electron chi connectivity index (χ2n) is 7.28. The standard InChI is InChI=1S/C23H22N4O3/c1-15(2)21(23-26-22(27-30-23)18-8-5-11-24-13-18)25-20(28)14-29-19-10-9-16-6-3-4-7-17(16)12-19/h3-13,15,21H,14H2,1-2H3,(H,25,28). The normalized spacial score (nSPS) is 12.1. The number of rotatable bonds is 7. The fourth-order valence-corrected chi connectivity index (χ4v) is 3.11. The Morgan fingerprint density at radius 3 is 2.70 bits per heavy atom. The lowest BCUT2D eigenvalue weighted by atomic mass is 10.0. The summed E-state index contributed by atoms with van der Waals surface area (Å²) in [6, 6.07) is 17.0. The fourth-order valence-electron chi connectivity index (χ4n) is 3.11. The van der Waals surface area contributed by atoms with Crippen LogP contribution in [-0.2, 0) is 4.79 Å². The second-order valence-corrected chi connectivity index (χ2v) is 7.28. The molecule has 7 heteroatoms. The fraction of sp³-hybridized carbons (Fsp3) is 0.217. The van der Waals surface area contributed by atoms with Gasteiger partial charge >= 0.3 is 0 Å². The number of amides is 1. The van der Waals surface area contributed by atoms with Gasteiger partial charge in [0, 0.05) is 18.0 Å². The van der Waals surface area contributed by atoms with Gasteiger partial charge in [-0.25, -0.2) is 0 Å². The van der Waals surface area contributed by atoms with Crippen molar-refractivity contribution in [1.82, 2.24) is 20.4 Å². The SMILES string of the molecule is CC(C)C(NC(=O)COc1ccc2ccccc2c1)c1nc(-c2cccnc2)no1. The van der Waals surface area contributed by atoms with Crippen molar-refractivity contribution in [3.8, 4) is 17.1 Å². The average molecular weight is 402 g/mol. The molecule has 0 aliphatic heterocycles. The molecule has 0 saturated carbocycles. The Hall–Kier alpha value is -3.74. The van der Waals surface area contributed by atoms with Crippen LogP contribution in [-0.4, -0.2) is 27.6 Å². The minimum atomic E-state index is -0.421. The molecule has 0 aliphatic carbocycles. The summed E-state index contributed by atoms with van der Waals surface area (Å²) in [6.45, 7) is 3.84. The molecule has 1 N–H and O–H groups in total. The largest absolute Gasteiger partial charge is 0.484 e. The summed E-state index contributed by atoms with van der Waals surface area (Å²) in [7, 11) is 0. The van der Waals surface area contributed by atoms with Crippen LogP contribution in [0.15, 0.2) is 71.5 Å². The van der Waals surface area contributed by atoms with Gasteiger partial charge in [-0.15, -0.1) is 0 Å². The highest BCUT2D eigenvalue weighted by atomic mass is 16.5. The van der Waals surface area contributed by atoms with E-state index in [2.05, 4.69) is 20.4 Å². The molecule has 0 aliphatic rings. The van der Waals surface area contributed by atoms with E-state index in [0.29, 0.717) is 17.5 Å². The molecule has 30 heavy (non-hydrogen) atoms. The highest BCUT2D eigenvalue weighted by molar-refractivity contribution is 5.84. The Labute approximate surface area is 174 Å². The van der Waals surface area contributed by atoms with Crippen molar-refractivity contribution in [2.75, 3.05) is 6.61 Å². The van der Waals surface area contributed by atoms with Crippen molar-refractivity contribution in [3.05, 3.63) is 72.9 Å². The van der Waals surface area contributed by atoms with E-state index in [1.807, 2.05) is 62.4 Å². The third-order valence-electron chi connectivity index (χ3n) is 4.70. The molecule has 4 rings (SSSR count). The van der Waals surface area contributed by atoms with Crippen molar-refractivity contribution in [2.24, 2.45) is 5.92 Å². The van der Waals surface area contributed by atoms with Gasteiger partial charge < -0.3 is 14.6 Å². The lowest BCUT2D eigenvalue weighted by Crippen LogP contribution is -2.35. The van der Waals surface area contributed by atoms with Crippen molar-refractivity contribution < 1.29 is 14.1 Å². The maximum absolute atomic E-state index is 12.5. The summed E-state index contributed by atoms with van der Waals surface area (Å²) in [6.07, 6.45) is 3.34. The van der Waals surface area contributed by atoms with E-state index in [1.54, 1.807) is 18.5 Å². The van der Waals surface area contributed by atoms with E-state index in [1.165, 1.54) is 0 Å². The number of nitrogens with one attached hydrogen (secondary N) is 1. The molecule has 2 aromatic carbocycles. The summed E-state index contributed by atoms with van der Waals surface area (Å²) < 4.78 is 11.1. The van der Waals surface area contributed by atoms with Crippen molar-refractivity contribution in [3.63, 3.8) is 0 Å². The topological polar surface area (TPSA) is 90.1 Å². The summed E-state index contributed by atoms with van der Waals surface area (Å²) in [5, 5.41) is 9.12. The molecule has 0 bridgehead atoms. The van der Waals surface area contributed by atoms with E-state index >= 15 is 0 Å². The predicted molar refractivity (Wildman–Crippen MR) is 113 cm³/mol. The number of fused-ring (bicyclic) bond motifs is 1. The monoisotopic (exact) mass is 402 g/mol. The number of hydrogen-bond acceptors (Lipinski definition) is 6. The van der Waals surface area contributed by atoms with Crippen LogP contribution in [0.2, 0.25) is 0 Å². The molecule has 2 heterocycles. The number of hydrogen-bond donors (Lipinski definition) is 1. The Morgan fingerprint density at radius 1 is 1.10 bits per heavy atom. The maximum Gasteiger partial charge on any atom is 0.258 e. The highest BCUT2D eigenvalue weighted by Crippen LogP contribution is 2.24. The first-order valence-electron chi connectivity index (χ1n) is 9.75. The van der Waals surface area contributed by atoms with Gasteiger partial charge in [-0.05, 0) is 41.0 Å². The van der Waals surface area contributed by atoms with Gasteiger partial charge in [-0.3, -0.25) is 9.78 Å². The molecule has 2 aromatic heterocycles. The summed E-state index contributed by atoms with van der Waals surface area (Å²) >= 11 is 0. The van der Waals surface area contributed by atoms with Gasteiger partial charge in [0.1, 0.15) is 11.8 Å². The number of nitrogens with zero attached hydrogens (tertiary/aromatic N) is 3. The van der Waals surface area contributed by atoms with Crippen LogP contribution < -0.4 is 10.1 Å². The molecule has 0 saturated heterocycles. The number of benzene rings is 2. The van der Waals surface area contributed by atoms with Gasteiger partial charge in [0.25, 0.3) is 5.91 Å². The van der Waals surface area contributed by atoms with E-state index in [4.69, 9.17) is 9.26 Å². The van der Waals surface area contributed by atoms with Crippen molar-refractivity contribution in [1.29, 1.82) is 0 Å². The highest BCUT2D eigenvalue weighted by Gasteiger charge is 2.25. The number of pyridine rings is 1. The molecule has 4 aromatic rings. The molecule has 1 atom stereocenters. The molecule has 152 valence electrons. The summed E-state index contributed by atoms with van der Waals surface area (Å²) in [5.41, 5.74) is 0.751. The van der Waals surface area contributed by atoms with Crippen LogP contribution >= 0.6 is 0 Å². The molecule has 0 fully saturated rings. The van der Waals surface area contributed by atoms with Crippen LogP contribution in [0.1, 0.15) is 25.8 Å². The number of carbonyl (C=O) groups excluding carboxylic acids is 1. The van der Waals surface area contributed by atoms with Gasteiger partial charge in [-0.1, -0.05) is 49.3 Å². The van der Waals surface area contributed by atoms with Crippen LogP contribution in [0.25, 0.3) is 22.2 Å². The minimum absolute atomic E-state index is 0.0526. The van der Waals surface area contributed by atoms with Crippen LogP contribution in [0.3, 0.4) is 0 Å². The first-order valence-corrected chi connectivity index (χ1v) is 9.75. The predicted octanol–water partition coefficient (Wildman–Crippen LogP) is 4.18. The van der Waals surface area contributed by atoms with E-state index in [9.17, 15) is 4.79 Å². The quantitative estimate of drug-likeness (QED) is 0.499. The lowest BCUT2D eigenvalue weighted by molar-refractivity contribution is -0.124. The van der Waals surface area contributed by atoms with E-state index in [-0.39, 0.29) is 18.4 Å². The van der Waals surface area contributed by atoms with Crippen molar-refractivity contribution in [2.45, 2.75) is 19.9 Å². The Morgan fingerprint density at radius 2 is 1.93 bits per heavy atom. The molecular weight excluding hydrogens is 380 g/mol. The molecule has 0 radical (unpaired) electrons. The smallest absolute Gasteiger partial charge is 0.258 e. The zero-order chi connectivity index (χ0) is 20.9. The van der Waals surface area contributed by atoms with Gasteiger partial charge in [0.2, 0.25) is 11.7 Å². The van der Waals surface area contributed by atoms with Gasteiger partial charge in [0.05, 0.1) is 0 Å². The first kappa shape index (κ1) is 19.6. The van der Waals surface area contributed by atoms with E-state index < -0.39 is 6.04 Å². The summed E-state index contributed by atoms with van der Waals surface area (Å²) in [5.74, 6) is 1.22. The average Bonchev–Trinajstić information content (AvgIpc) is 3.26. The molecule has 7 nitrogen and oxygen atoms in total. The Balaban J connectivity index is 1.41. The molecular formula is C23H22N4O3. The van der Waals surface area contributed by atoms with Crippen molar-refractivity contribution >= 4 is 16.7 Å². The summed E-state index contributed by atoms with van der Waals surface area (Å²) in [4.78, 5) is 21.0. The minimum Gasteiger partial charge on any atom is -0.484 e. The third-order valence-corrected chi connectivity index (χ3v) is 4.70.